The fourth-order valence-corrected chi connectivity index (χ4v) is 3.11. The first-order chi connectivity index (χ1) is 11.7. The largest absolute Gasteiger partial charge is 0.376 e. The van der Waals surface area contributed by atoms with Crippen molar-refractivity contribution in [2.24, 2.45) is 0 Å². The summed E-state index contributed by atoms with van der Waals surface area (Å²) in [4.78, 5) is 12.3. The maximum atomic E-state index is 12.2. The molecule has 0 aliphatic heterocycles. The Hall–Kier alpha value is -2.38. The molecule has 0 spiro atoms. The van der Waals surface area contributed by atoms with Crippen molar-refractivity contribution in [1.82, 2.24) is 4.31 Å². The molecule has 0 radical (unpaired) electrons. The van der Waals surface area contributed by atoms with Crippen LogP contribution in [0.2, 0.25) is 0 Å². The van der Waals surface area contributed by atoms with E-state index in [-0.39, 0.29) is 17.3 Å². The molecule has 0 heterocycles. The molecule has 2 aromatic rings. The monoisotopic (exact) mass is 361 g/mol. The van der Waals surface area contributed by atoms with Gasteiger partial charge in [0.05, 0.1) is 11.4 Å². The van der Waals surface area contributed by atoms with Gasteiger partial charge >= 0.3 is 0 Å². The van der Waals surface area contributed by atoms with E-state index in [0.29, 0.717) is 5.69 Å². The van der Waals surface area contributed by atoms with Crippen molar-refractivity contribution in [3.63, 3.8) is 0 Å². The molecule has 0 saturated heterocycles. The number of carbonyl (C=O) groups excluding carboxylic acids is 1. The van der Waals surface area contributed by atoms with Gasteiger partial charge in [-0.05, 0) is 43.7 Å². The zero-order valence-corrected chi connectivity index (χ0v) is 15.6. The van der Waals surface area contributed by atoms with E-state index >= 15 is 0 Å². The van der Waals surface area contributed by atoms with E-state index < -0.39 is 10.0 Å². The average Bonchev–Trinajstić information content (AvgIpc) is 2.56. The highest BCUT2D eigenvalue weighted by atomic mass is 32.2. The summed E-state index contributed by atoms with van der Waals surface area (Å²) < 4.78 is 25.6. The van der Waals surface area contributed by atoms with Crippen molar-refractivity contribution in [1.29, 1.82) is 0 Å². The molecule has 134 valence electrons. The molecule has 0 fully saturated rings. The number of benzene rings is 2. The quantitative estimate of drug-likeness (QED) is 0.829. The van der Waals surface area contributed by atoms with Crippen LogP contribution in [0.15, 0.2) is 47.4 Å². The number of hydrogen-bond donors (Lipinski definition) is 2. The van der Waals surface area contributed by atoms with Crippen LogP contribution >= 0.6 is 0 Å². The smallest absolute Gasteiger partial charge is 0.243 e. The molecule has 0 aliphatic carbocycles. The van der Waals surface area contributed by atoms with Gasteiger partial charge in [-0.3, -0.25) is 4.79 Å². The lowest BCUT2D eigenvalue weighted by molar-refractivity contribution is -0.114. The molecule has 0 saturated carbocycles. The molecule has 2 N–H and O–H groups in total. The topological polar surface area (TPSA) is 78.5 Å². The summed E-state index contributed by atoms with van der Waals surface area (Å²) in [5, 5.41) is 5.79. The van der Waals surface area contributed by atoms with Crippen LogP contribution in [-0.2, 0) is 14.8 Å². The number of nitrogens with zero attached hydrogens (tertiary/aromatic N) is 1. The van der Waals surface area contributed by atoms with E-state index in [1.165, 1.54) is 14.1 Å². The number of sulfonamides is 1. The molecular formula is C18H23N3O3S. The molecule has 2 aromatic carbocycles. The summed E-state index contributed by atoms with van der Waals surface area (Å²) >= 11 is 0. The normalized spacial score (nSPS) is 11.4. The summed E-state index contributed by atoms with van der Waals surface area (Å²) in [5.41, 5.74) is 3.31. The molecule has 25 heavy (non-hydrogen) atoms. The summed E-state index contributed by atoms with van der Waals surface area (Å²) in [6, 6.07) is 12.3. The Morgan fingerprint density at radius 2 is 1.68 bits per heavy atom. The van der Waals surface area contributed by atoms with E-state index in [2.05, 4.69) is 10.6 Å². The number of carbonyl (C=O) groups is 1. The van der Waals surface area contributed by atoms with Crippen LogP contribution in [0.4, 0.5) is 11.4 Å². The second-order valence-electron chi connectivity index (χ2n) is 6.03. The fraction of sp³-hybridized carbons (Fsp3) is 0.278. The lowest BCUT2D eigenvalue weighted by Gasteiger charge is -2.15. The number of amides is 1. The third-order valence-corrected chi connectivity index (χ3v) is 5.57. The molecule has 0 unspecified atom stereocenters. The number of nitrogens with one attached hydrogen (secondary N) is 2. The third-order valence-electron chi connectivity index (χ3n) is 3.76. The SMILES string of the molecule is Cc1ccc(NC(=O)CNc2cc(S(=O)(=O)N(C)C)ccc2C)cc1. The van der Waals surface area contributed by atoms with Crippen molar-refractivity contribution < 1.29 is 13.2 Å². The Morgan fingerprint density at radius 1 is 1.04 bits per heavy atom. The lowest BCUT2D eigenvalue weighted by atomic mass is 10.2. The minimum absolute atomic E-state index is 0.0418. The molecule has 6 nitrogen and oxygen atoms in total. The standard InChI is InChI=1S/C18H23N3O3S/c1-13-5-8-15(9-6-13)20-18(22)12-19-17-11-16(10-7-14(17)2)25(23,24)21(3)4/h5-11,19H,12H2,1-4H3,(H,20,22). The predicted molar refractivity (Wildman–Crippen MR) is 100 cm³/mol. The Bertz CT molecular complexity index is 860. The Labute approximate surface area is 148 Å². The zero-order valence-electron chi connectivity index (χ0n) is 14.8. The first kappa shape index (κ1) is 19.0. The minimum Gasteiger partial charge on any atom is -0.376 e. The third kappa shape index (κ3) is 4.80. The highest BCUT2D eigenvalue weighted by molar-refractivity contribution is 7.89. The van der Waals surface area contributed by atoms with Gasteiger partial charge in [-0.15, -0.1) is 0 Å². The maximum Gasteiger partial charge on any atom is 0.243 e. The molecular weight excluding hydrogens is 338 g/mol. The first-order valence-electron chi connectivity index (χ1n) is 7.84. The van der Waals surface area contributed by atoms with Crippen molar-refractivity contribution in [3.05, 3.63) is 53.6 Å². The summed E-state index contributed by atoms with van der Waals surface area (Å²) in [5.74, 6) is -0.205. The Kier molecular flexibility index (Phi) is 5.81. The van der Waals surface area contributed by atoms with Crippen LogP contribution < -0.4 is 10.6 Å². The van der Waals surface area contributed by atoms with Crippen LogP contribution in [0, 0.1) is 13.8 Å². The number of rotatable bonds is 6. The maximum absolute atomic E-state index is 12.2. The van der Waals surface area contributed by atoms with Gasteiger partial charge in [-0.2, -0.15) is 0 Å². The van der Waals surface area contributed by atoms with Crippen LogP contribution in [0.1, 0.15) is 11.1 Å². The van der Waals surface area contributed by atoms with E-state index in [1.807, 2.05) is 38.1 Å². The van der Waals surface area contributed by atoms with Gasteiger partial charge in [0.1, 0.15) is 0 Å². The van der Waals surface area contributed by atoms with Gasteiger partial charge in [0, 0.05) is 25.5 Å². The Balaban J connectivity index is 2.07. The van der Waals surface area contributed by atoms with Gasteiger partial charge in [0.25, 0.3) is 0 Å². The lowest BCUT2D eigenvalue weighted by Crippen LogP contribution is -2.23. The fourth-order valence-electron chi connectivity index (χ4n) is 2.18. The minimum atomic E-state index is -3.51. The van der Waals surface area contributed by atoms with Crippen molar-refractivity contribution in [2.45, 2.75) is 18.7 Å². The molecule has 0 atom stereocenters. The van der Waals surface area contributed by atoms with Crippen molar-refractivity contribution >= 4 is 27.3 Å². The molecule has 0 aliphatic rings. The van der Waals surface area contributed by atoms with Crippen LogP contribution in [0.25, 0.3) is 0 Å². The van der Waals surface area contributed by atoms with Gasteiger partial charge in [-0.1, -0.05) is 23.8 Å². The van der Waals surface area contributed by atoms with E-state index in [4.69, 9.17) is 0 Å². The van der Waals surface area contributed by atoms with Crippen LogP contribution in [0.5, 0.6) is 0 Å². The average molecular weight is 361 g/mol. The van der Waals surface area contributed by atoms with Gasteiger partial charge in [0.2, 0.25) is 15.9 Å². The van der Waals surface area contributed by atoms with E-state index in [0.717, 1.165) is 21.1 Å². The number of aryl methyl sites for hydroxylation is 2. The predicted octanol–water partition coefficient (Wildman–Crippen LogP) is 2.60. The molecule has 0 aromatic heterocycles. The molecule has 1 amide bonds. The second kappa shape index (κ2) is 7.67. The Morgan fingerprint density at radius 3 is 2.28 bits per heavy atom. The highest BCUT2D eigenvalue weighted by Crippen LogP contribution is 2.21. The van der Waals surface area contributed by atoms with E-state index in [9.17, 15) is 13.2 Å². The van der Waals surface area contributed by atoms with Crippen molar-refractivity contribution in [3.8, 4) is 0 Å². The van der Waals surface area contributed by atoms with Crippen LogP contribution in [-0.4, -0.2) is 39.3 Å². The number of anilines is 2. The number of hydrogen-bond acceptors (Lipinski definition) is 4. The molecule has 2 rings (SSSR count). The molecule has 7 heteroatoms. The second-order valence-corrected chi connectivity index (χ2v) is 8.18. The van der Waals surface area contributed by atoms with E-state index in [1.54, 1.807) is 18.2 Å². The zero-order chi connectivity index (χ0) is 18.6. The van der Waals surface area contributed by atoms with Gasteiger partial charge < -0.3 is 10.6 Å². The summed E-state index contributed by atoms with van der Waals surface area (Å²) in [7, 11) is -0.548. The molecule has 0 bridgehead atoms. The summed E-state index contributed by atoms with van der Waals surface area (Å²) in [6.07, 6.45) is 0. The van der Waals surface area contributed by atoms with Crippen LogP contribution in [0.3, 0.4) is 0 Å². The first-order valence-corrected chi connectivity index (χ1v) is 9.28. The summed E-state index contributed by atoms with van der Waals surface area (Å²) in [6.45, 7) is 3.87. The highest BCUT2D eigenvalue weighted by Gasteiger charge is 2.18. The van der Waals surface area contributed by atoms with Gasteiger partial charge in [-0.25, -0.2) is 12.7 Å². The van der Waals surface area contributed by atoms with Gasteiger partial charge in [0.15, 0.2) is 0 Å². The van der Waals surface area contributed by atoms with Crippen molar-refractivity contribution in [2.75, 3.05) is 31.3 Å².